The second-order valence-electron chi connectivity index (χ2n) is 38.0. The van der Waals surface area contributed by atoms with Gasteiger partial charge in [0.05, 0.1) is 68.4 Å². The number of carbonyl (C=O) groups excluding carboxylic acids is 3. The van der Waals surface area contributed by atoms with Gasteiger partial charge in [-0.25, -0.2) is 4.79 Å². The molecule has 694 valence electrons. The van der Waals surface area contributed by atoms with E-state index in [9.17, 15) is 111 Å². The summed E-state index contributed by atoms with van der Waals surface area (Å²) in [6.07, 6.45) is -40.7. The van der Waals surface area contributed by atoms with E-state index < -0.39 is 304 Å². The first-order valence-electron chi connectivity index (χ1n) is 43.6. The number of aldehydes is 1. The molecule has 38 heteroatoms. The van der Waals surface area contributed by atoms with Crippen molar-refractivity contribution in [2.24, 2.45) is 50.2 Å². The van der Waals surface area contributed by atoms with Gasteiger partial charge in [0.1, 0.15) is 128 Å². The van der Waals surface area contributed by atoms with Gasteiger partial charge in [-0.1, -0.05) is 105 Å². The number of aliphatic hydroxyl groups is 18. The Morgan fingerprint density at radius 1 is 0.529 bits per heavy atom. The lowest BCUT2D eigenvalue weighted by molar-refractivity contribution is -0.379. The summed E-state index contributed by atoms with van der Waals surface area (Å²) < 4.78 is 85.2. The van der Waals surface area contributed by atoms with Crippen LogP contribution in [0.1, 0.15) is 190 Å². The van der Waals surface area contributed by atoms with E-state index in [1.807, 2.05) is 0 Å². The molecule has 20 N–H and O–H groups in total. The molecule has 38 nitrogen and oxygen atoms in total. The number of ether oxygens (including phenoxy) is 14. The lowest BCUT2D eigenvalue weighted by atomic mass is 9.33. The summed E-state index contributed by atoms with van der Waals surface area (Å²) in [6.45, 7) is 13.2. The Morgan fingerprint density at radius 3 is 1.70 bits per heavy atom. The lowest BCUT2D eigenvalue weighted by Gasteiger charge is -2.71. The number of carboxylic acids is 1. The van der Waals surface area contributed by atoms with Crippen LogP contribution in [-0.4, -0.2) is 363 Å². The highest BCUT2D eigenvalue weighted by atomic mass is 16.8. The van der Waals surface area contributed by atoms with E-state index >= 15 is 4.79 Å². The van der Waals surface area contributed by atoms with Crippen molar-refractivity contribution in [1.82, 2.24) is 5.32 Å². The predicted molar refractivity (Wildman–Crippen MR) is 411 cm³/mol. The monoisotopic (exact) mass is 1740 g/mol. The maximum absolute atomic E-state index is 16.2. The molecule has 7 aliphatic heterocycles. The molecule has 0 spiro atoms. The Morgan fingerprint density at radius 2 is 1.08 bits per heavy atom. The number of carbonyl (C=O) groups is 4. The van der Waals surface area contributed by atoms with Gasteiger partial charge >= 0.3 is 11.9 Å². The minimum absolute atomic E-state index is 0.0116. The Bertz CT molecular complexity index is 3460. The number of aliphatic hydroxyl groups excluding tert-OH is 18. The number of carboxylic acid groups (broad SMARTS) is 1. The molecule has 1 amide bonds. The fraction of sp³-hybridized carbons (Fsp3) is 0.928. The predicted octanol–water partition coefficient (Wildman–Crippen LogP) is -2.55. The standard InChI is InChI=1S/C83H135NO37/c1-9-42-55(94)58(97)63(102)70(112-42)108-28-18-16-14-12-10-11-13-15-17-19-51(91)84-52-45(32-85)115-76(68(57(52)96)120-73-65(104)60(99)66(37(2)111-73)118-72-62(101)54(93)41(89)35-110-72)121-77(107)83-27-26-78(3,4)30-39(83)38-20-21-48-79(5)24-23-50(80(6,36-87)47(79)22-25-81(48,7)82(38,8)31-49(83)90)117-75-67(119-74-64(103)59(98)56(95)46(33-86)116-74)43(29-44(114-75)69(105)106)113-71-61(100)53(92)40(88)34-109-71/h20,36-37,39-50,52-68,70-76,85-86,88-90,92-104H,9-19,21-35H2,1-8H3,(H,84,91)(H,105,106)/t37?,39?,40-,41-,42?,43+,44?,45?,46?,47-,48?,49?,50+,52+,53+,54?,55+,56+,57?,58?,59+,60?,61?,62?,63?,64?,65?,66+,67?,68?,70-,71+,72+,73+,74+,75+,76+,79?,80-,81+,82-,83-/m1/s1. The SMILES string of the molecule is CCC1O[C@@H](OCCCCCCCCCCCC(=O)N[C@H]2C(CO)O[C@@H](OC(=O)[C@]34CCC(C)(C)CC3C3=CCC5C6(C)CC[C@H](O[C@@H]7OC(C(=O)O)C[C@H](O[C@@H]8OC[C@@H](O)[C@H](O)C8O)C7O[C@@H]7OC(CO)[C@H](O)[C@H](O)C7O)[C@](C)(C=O)[C@@H]6CC[C@]5(C)[C@]3(C)CC4O)C(O[C@@H]3OC(C)[C@H](O[C@@H]4OC[C@@H](O)C(O)C4O)C(O)C3O)C2O)C(O)C(O)[C@H]1O. The van der Waals surface area contributed by atoms with Gasteiger partial charge in [-0.05, 0) is 123 Å². The number of unbranched alkanes of at least 4 members (excludes halogenated alkanes) is 8. The van der Waals surface area contributed by atoms with Crippen LogP contribution in [0.4, 0.5) is 0 Å². The van der Waals surface area contributed by atoms with E-state index in [0.717, 1.165) is 50.4 Å². The fourth-order valence-electron chi connectivity index (χ4n) is 22.4. The van der Waals surface area contributed by atoms with Crippen LogP contribution in [0.5, 0.6) is 0 Å². The zero-order chi connectivity index (χ0) is 88.1. The van der Waals surface area contributed by atoms with Gasteiger partial charge in [0.25, 0.3) is 0 Å². The molecule has 7 heterocycles. The Balaban J connectivity index is 0.754. The van der Waals surface area contributed by atoms with E-state index in [-0.39, 0.29) is 31.6 Å². The second kappa shape index (κ2) is 39.5. The molecule has 12 aliphatic rings. The molecule has 7 saturated heterocycles. The van der Waals surface area contributed by atoms with Crippen molar-refractivity contribution in [2.75, 3.05) is 33.0 Å². The van der Waals surface area contributed by atoms with Gasteiger partial charge in [0, 0.05) is 19.4 Å². The van der Waals surface area contributed by atoms with E-state index in [0.29, 0.717) is 70.8 Å². The maximum Gasteiger partial charge on any atom is 0.333 e. The van der Waals surface area contributed by atoms with Crippen LogP contribution in [0.3, 0.4) is 0 Å². The van der Waals surface area contributed by atoms with Crippen LogP contribution in [-0.2, 0) is 85.5 Å². The van der Waals surface area contributed by atoms with E-state index in [1.54, 1.807) is 13.8 Å². The number of aliphatic carboxylic acids is 1. The smallest absolute Gasteiger partial charge is 0.333 e. The first-order valence-corrected chi connectivity index (χ1v) is 43.6. The van der Waals surface area contributed by atoms with Crippen LogP contribution >= 0.6 is 0 Å². The number of amides is 1. The average molecular weight is 1740 g/mol. The average Bonchev–Trinajstić information content (AvgIpc) is 0.668. The number of nitrogens with one attached hydrogen (secondary N) is 1. The molecular formula is C83H135NO37. The third-order valence-electron chi connectivity index (χ3n) is 30.0. The highest BCUT2D eigenvalue weighted by Crippen LogP contribution is 2.76. The van der Waals surface area contributed by atoms with Crippen LogP contribution in [0.15, 0.2) is 11.6 Å². The minimum Gasteiger partial charge on any atom is -0.479 e. The van der Waals surface area contributed by atoms with Gasteiger partial charge < -0.3 is 173 Å². The van der Waals surface area contributed by atoms with Crippen molar-refractivity contribution in [3.63, 3.8) is 0 Å². The Kier molecular flexibility index (Phi) is 31.5. The molecule has 0 bridgehead atoms. The number of hydrogen-bond acceptors (Lipinski definition) is 36. The summed E-state index contributed by atoms with van der Waals surface area (Å²) in [5.41, 5.74) is -4.88. The highest BCUT2D eigenvalue weighted by molar-refractivity contribution is 5.80. The van der Waals surface area contributed by atoms with Crippen molar-refractivity contribution in [2.45, 2.75) is 399 Å². The maximum atomic E-state index is 16.2. The molecule has 0 radical (unpaired) electrons. The fourth-order valence-corrected chi connectivity index (χ4v) is 22.4. The molecule has 121 heavy (non-hydrogen) atoms. The molecule has 5 aliphatic carbocycles. The van der Waals surface area contributed by atoms with E-state index in [1.165, 1.54) is 6.92 Å². The van der Waals surface area contributed by atoms with Crippen molar-refractivity contribution in [1.29, 1.82) is 0 Å². The molecule has 11 fully saturated rings. The number of allylic oxidation sites excluding steroid dienone is 2. The van der Waals surface area contributed by atoms with Crippen LogP contribution in [0.25, 0.3) is 0 Å². The molecule has 4 saturated carbocycles. The number of fused-ring (bicyclic) bond motifs is 7. The van der Waals surface area contributed by atoms with Gasteiger partial charge in [-0.3, -0.25) is 9.59 Å². The zero-order valence-corrected chi connectivity index (χ0v) is 70.2. The summed E-state index contributed by atoms with van der Waals surface area (Å²) in [4.78, 5) is 57.5. The highest BCUT2D eigenvalue weighted by Gasteiger charge is 2.73. The van der Waals surface area contributed by atoms with Gasteiger partial charge in [-0.2, -0.15) is 0 Å². The number of esters is 1. The van der Waals surface area contributed by atoms with Gasteiger partial charge in [0.15, 0.2) is 49.9 Å². The number of rotatable bonds is 31. The second-order valence-corrected chi connectivity index (χ2v) is 38.0. The summed E-state index contributed by atoms with van der Waals surface area (Å²) in [7, 11) is 0. The van der Waals surface area contributed by atoms with Crippen LogP contribution in [0, 0.1) is 50.2 Å². The summed E-state index contributed by atoms with van der Waals surface area (Å²) in [5.74, 6) is -4.38. The largest absolute Gasteiger partial charge is 0.479 e. The van der Waals surface area contributed by atoms with E-state index in [4.69, 9.17) is 66.3 Å². The third kappa shape index (κ3) is 19.0. The molecule has 0 aromatic heterocycles. The Hall–Kier alpha value is -3.42. The van der Waals surface area contributed by atoms with Gasteiger partial charge in [-0.15, -0.1) is 0 Å². The topological polar surface area (TPSA) is 594 Å². The molecule has 0 aromatic rings. The summed E-state index contributed by atoms with van der Waals surface area (Å²) in [6, 6.07) is -1.46. The molecule has 0 aromatic carbocycles. The van der Waals surface area contributed by atoms with E-state index in [2.05, 4.69) is 46.0 Å². The zero-order valence-electron chi connectivity index (χ0n) is 70.2. The molecule has 20 unspecified atom stereocenters. The van der Waals surface area contributed by atoms with Crippen LogP contribution in [0.2, 0.25) is 0 Å². The first-order chi connectivity index (χ1) is 57.2. The van der Waals surface area contributed by atoms with Crippen molar-refractivity contribution >= 4 is 24.1 Å². The van der Waals surface area contributed by atoms with Gasteiger partial charge in [0.2, 0.25) is 12.2 Å². The third-order valence-corrected chi connectivity index (χ3v) is 30.0. The first kappa shape index (κ1) is 96.7. The van der Waals surface area contributed by atoms with Crippen molar-refractivity contribution < 1.29 is 183 Å². The van der Waals surface area contributed by atoms with Crippen molar-refractivity contribution in [3.8, 4) is 0 Å². The number of hydrogen-bond donors (Lipinski definition) is 20. The molecule has 12 rings (SSSR count). The minimum atomic E-state index is -2.04. The quantitative estimate of drug-likeness (QED) is 0.0112. The Labute approximate surface area is 703 Å². The summed E-state index contributed by atoms with van der Waals surface area (Å²) in [5, 5.41) is 211. The van der Waals surface area contributed by atoms with Crippen molar-refractivity contribution in [3.05, 3.63) is 11.6 Å². The molecule has 42 atom stereocenters. The van der Waals surface area contributed by atoms with Crippen LogP contribution < -0.4 is 5.32 Å². The lowest BCUT2D eigenvalue weighted by Crippen LogP contribution is -2.70. The summed E-state index contributed by atoms with van der Waals surface area (Å²) >= 11 is 0. The molecular weight excluding hydrogens is 1600 g/mol. The normalized spacial score (nSPS) is 49.3.